The van der Waals surface area contributed by atoms with Crippen LogP contribution >= 0.6 is 11.3 Å². The molecule has 0 spiro atoms. The lowest BCUT2D eigenvalue weighted by atomic mass is 10.1. The molecule has 0 atom stereocenters. The first-order valence-corrected chi connectivity index (χ1v) is 34.8. The molecular weight excluding hydrogens is 1270 g/mol. The van der Waals surface area contributed by atoms with E-state index in [9.17, 15) is 5.11 Å². The Hall–Kier alpha value is -9.72. The van der Waals surface area contributed by atoms with E-state index in [2.05, 4.69) is 159 Å². The molecule has 524 valence electrons. The average molecular weight is 1370 g/mol. The summed E-state index contributed by atoms with van der Waals surface area (Å²) in [7, 11) is 0. The zero-order chi connectivity index (χ0) is 72.8. The van der Waals surface area contributed by atoms with Crippen LogP contribution in [0.3, 0.4) is 0 Å². The predicted molar refractivity (Wildman–Crippen MR) is 407 cm³/mol. The summed E-state index contributed by atoms with van der Waals surface area (Å²) >= 11 is 1.56. The van der Waals surface area contributed by atoms with Gasteiger partial charge in [0, 0.05) is 93.6 Å². The number of fused-ring (bicyclic) bond motifs is 4. The van der Waals surface area contributed by atoms with Crippen LogP contribution in [-0.4, -0.2) is 100 Å². The molecule has 18 nitrogen and oxygen atoms in total. The van der Waals surface area contributed by atoms with Crippen LogP contribution in [0.1, 0.15) is 159 Å². The van der Waals surface area contributed by atoms with Gasteiger partial charge < -0.3 is 34.1 Å². The number of ether oxygens (including phenoxy) is 5. The van der Waals surface area contributed by atoms with Crippen molar-refractivity contribution in [1.82, 2.24) is 54.6 Å². The van der Waals surface area contributed by atoms with Gasteiger partial charge in [0.1, 0.15) is 80.5 Å². The highest BCUT2D eigenvalue weighted by Crippen LogP contribution is 2.38. The minimum atomic E-state index is -0.912. The van der Waals surface area contributed by atoms with Crippen LogP contribution < -0.4 is 29.0 Å². The molecule has 12 aromatic rings. The van der Waals surface area contributed by atoms with Gasteiger partial charge in [-0.05, 0) is 237 Å². The summed E-state index contributed by atoms with van der Waals surface area (Å²) in [6.07, 6.45) is 7.22. The van der Waals surface area contributed by atoms with Crippen molar-refractivity contribution in [2.24, 2.45) is 0 Å². The number of aryl methyl sites for hydroxylation is 5. The highest BCUT2D eigenvalue weighted by atomic mass is 32.1. The summed E-state index contributed by atoms with van der Waals surface area (Å²) < 4.78 is 32.5. The molecule has 4 aromatic carbocycles. The Morgan fingerprint density at radius 3 is 1.32 bits per heavy atom. The molecule has 0 aliphatic carbocycles. The van der Waals surface area contributed by atoms with Gasteiger partial charge in [-0.2, -0.15) is 5.10 Å². The van der Waals surface area contributed by atoms with Gasteiger partial charge in [0.25, 0.3) is 0 Å². The van der Waals surface area contributed by atoms with Gasteiger partial charge in [0.2, 0.25) is 0 Å². The average Bonchev–Trinajstić information content (AvgIpc) is 1.16. The summed E-state index contributed by atoms with van der Waals surface area (Å²) in [5.74, 6) is 4.50. The number of aliphatic hydroxyl groups is 1. The van der Waals surface area contributed by atoms with E-state index in [1.807, 2.05) is 147 Å². The molecule has 19 heteroatoms. The summed E-state index contributed by atoms with van der Waals surface area (Å²) in [5, 5.41) is 24.7. The molecule has 0 bridgehead atoms. The number of pyridine rings is 4. The second kappa shape index (κ2) is 30.4. The molecule has 0 amide bonds. The minimum absolute atomic E-state index is 0.194. The molecule has 8 aromatic heterocycles. The molecule has 8 heterocycles. The molecule has 100 heavy (non-hydrogen) atoms. The van der Waals surface area contributed by atoms with Crippen molar-refractivity contribution in [1.29, 1.82) is 0 Å². The zero-order valence-electron chi connectivity index (χ0n) is 62.5. The topological polar surface area (TPSA) is 212 Å². The highest BCUT2D eigenvalue weighted by Gasteiger charge is 2.23. The standard InChI is InChI=1S/C23H31N3O3S.C20H25N3O.2C19H21N3O/c1-14(2)24-21-26-19(12-30-21)18-11-20(29-22(3,4)5)16-9-8-15(10-17(16)25-18)28-13-23(6,7)27;1-13(2)23-10-9-16(22-23)18-12-19(24-20(4,5)6)15-8-7-14(3)11-17(15)21-18;1-12-6-7-14-15(8-12)22-16(9-18(14)23-19(3,4)5)17-11-20-10-13(2)21-17;1-12-6-7-14-15(10-12)22-16(11-17(14)23-19(3,4)5)18-20-9-8-13(2)21-18/h8-12,14,27H,13H2,1-7H3,(H,24,26);7-13H,1-6H3;2*6-11H,1-5H3. The third kappa shape index (κ3) is 21.2. The summed E-state index contributed by atoms with van der Waals surface area (Å²) in [4.78, 5) is 41.4. The minimum Gasteiger partial charge on any atom is -0.491 e. The van der Waals surface area contributed by atoms with Gasteiger partial charge >= 0.3 is 0 Å². The third-order valence-electron chi connectivity index (χ3n) is 14.4. The fraction of sp³-hybridized carbons (Fsp3) is 0.383. The molecule has 0 aliphatic heterocycles. The summed E-state index contributed by atoms with van der Waals surface area (Å²) in [6.45, 7) is 46.5. The number of rotatable bonds is 14. The molecule has 0 aliphatic rings. The fourth-order valence-electron chi connectivity index (χ4n) is 10.2. The maximum absolute atomic E-state index is 9.95. The third-order valence-corrected chi connectivity index (χ3v) is 15.2. The highest BCUT2D eigenvalue weighted by molar-refractivity contribution is 7.14. The number of aromatic nitrogens is 11. The first kappa shape index (κ1) is 74.5. The summed E-state index contributed by atoms with van der Waals surface area (Å²) in [6, 6.07) is 36.7. The van der Waals surface area contributed by atoms with E-state index in [-0.39, 0.29) is 29.0 Å². The second-order valence-electron chi connectivity index (χ2n) is 30.4. The number of hydrogen-bond donors (Lipinski definition) is 2. The van der Waals surface area contributed by atoms with E-state index in [4.69, 9.17) is 43.6 Å². The van der Waals surface area contributed by atoms with Crippen LogP contribution in [0.5, 0.6) is 28.7 Å². The van der Waals surface area contributed by atoms with E-state index in [0.717, 1.165) is 129 Å². The number of anilines is 1. The van der Waals surface area contributed by atoms with Crippen LogP contribution in [0.4, 0.5) is 5.13 Å². The van der Waals surface area contributed by atoms with E-state index >= 15 is 0 Å². The second-order valence-corrected chi connectivity index (χ2v) is 31.3. The van der Waals surface area contributed by atoms with Crippen molar-refractivity contribution in [3.63, 3.8) is 0 Å². The normalized spacial score (nSPS) is 12.0. The number of nitrogens with one attached hydrogen (secondary N) is 1. The van der Waals surface area contributed by atoms with Crippen molar-refractivity contribution in [2.75, 3.05) is 11.9 Å². The first-order chi connectivity index (χ1) is 46.8. The van der Waals surface area contributed by atoms with Crippen molar-refractivity contribution < 1.29 is 28.8 Å². The van der Waals surface area contributed by atoms with E-state index < -0.39 is 5.60 Å². The molecule has 0 saturated carbocycles. The Balaban J connectivity index is 0.000000156. The lowest BCUT2D eigenvalue weighted by molar-refractivity contribution is 0.0285. The van der Waals surface area contributed by atoms with Crippen LogP contribution in [0.15, 0.2) is 139 Å². The van der Waals surface area contributed by atoms with Gasteiger partial charge in [0.05, 0.1) is 56.6 Å². The summed E-state index contributed by atoms with van der Waals surface area (Å²) in [5.41, 5.74) is 12.2. The quantitative estimate of drug-likeness (QED) is 0.104. The number of benzene rings is 4. The van der Waals surface area contributed by atoms with Crippen LogP contribution in [0.25, 0.3) is 89.3 Å². The molecule has 0 unspecified atom stereocenters. The molecule has 0 saturated heterocycles. The largest absolute Gasteiger partial charge is 0.491 e. The smallest absolute Gasteiger partial charge is 0.183 e. The number of nitrogens with zero attached hydrogens (tertiary/aromatic N) is 11. The monoisotopic (exact) mass is 1370 g/mol. The first-order valence-electron chi connectivity index (χ1n) is 33.9. The van der Waals surface area contributed by atoms with E-state index in [0.29, 0.717) is 23.7 Å². The van der Waals surface area contributed by atoms with Gasteiger partial charge in [-0.1, -0.05) is 18.2 Å². The Kier molecular flexibility index (Phi) is 22.7. The number of thiazole rings is 1. The molecule has 2 N–H and O–H groups in total. The molecule has 12 rings (SSSR count). The van der Waals surface area contributed by atoms with Gasteiger partial charge in [0.15, 0.2) is 11.0 Å². The van der Waals surface area contributed by atoms with Crippen molar-refractivity contribution in [2.45, 2.75) is 199 Å². The molecular formula is C81H98N12O6S. The molecule has 0 fully saturated rings. The van der Waals surface area contributed by atoms with Gasteiger partial charge in [-0.3, -0.25) is 9.67 Å². The maximum Gasteiger partial charge on any atom is 0.183 e. The fourth-order valence-corrected chi connectivity index (χ4v) is 11.1. The lowest BCUT2D eigenvalue weighted by Crippen LogP contribution is -2.27. The maximum atomic E-state index is 9.95. The van der Waals surface area contributed by atoms with Crippen LogP contribution in [0, 0.1) is 34.6 Å². The van der Waals surface area contributed by atoms with Gasteiger partial charge in [-0.25, -0.2) is 39.9 Å². The van der Waals surface area contributed by atoms with E-state index in [1.54, 1.807) is 43.8 Å². The van der Waals surface area contributed by atoms with E-state index in [1.165, 1.54) is 11.1 Å². The Bertz CT molecular complexity index is 4690. The Morgan fingerprint density at radius 2 is 0.890 bits per heavy atom. The van der Waals surface area contributed by atoms with Crippen LogP contribution in [0.2, 0.25) is 0 Å². The van der Waals surface area contributed by atoms with Crippen molar-refractivity contribution >= 4 is 60.1 Å². The van der Waals surface area contributed by atoms with Crippen LogP contribution in [-0.2, 0) is 0 Å². The number of hydrogen-bond acceptors (Lipinski definition) is 18. The Labute approximate surface area is 593 Å². The van der Waals surface area contributed by atoms with Gasteiger partial charge in [-0.15, -0.1) is 11.3 Å². The Morgan fingerprint density at radius 1 is 0.450 bits per heavy atom. The van der Waals surface area contributed by atoms with Crippen molar-refractivity contribution in [3.05, 3.63) is 167 Å². The SMILES string of the molecule is CC(C)Nc1nc(-c2cc(OC(C)(C)C)c3ccc(OCC(C)(C)O)cc3n2)cs1.Cc1ccc2c(OC(C)(C)C)cc(-c3ccn(C(C)C)n3)nc2c1.Cc1ccc2c(OC(C)(C)C)cc(-c3cncc(C)n3)nc2c1.Cc1ccc2c(OC(C)(C)C)cc(-c3nccc(C)n3)nc2c1. The molecule has 0 radical (unpaired) electrons. The predicted octanol–water partition coefficient (Wildman–Crippen LogP) is 19.6. The van der Waals surface area contributed by atoms with Crippen molar-refractivity contribution in [3.8, 4) is 74.4 Å². The zero-order valence-corrected chi connectivity index (χ0v) is 63.3. The lowest BCUT2D eigenvalue weighted by Gasteiger charge is -2.23.